The largest absolute Gasteiger partial charge is 0.488 e. The Labute approximate surface area is 143 Å². The molecule has 4 nitrogen and oxygen atoms in total. The fourth-order valence-corrected chi connectivity index (χ4v) is 3.10. The SMILES string of the molecule is CCC(C)(O)COc1c(Br)cc(CNCCOC)cc1Br. The lowest BCUT2D eigenvalue weighted by Crippen LogP contribution is -2.31. The molecule has 0 radical (unpaired) electrons. The molecule has 6 heteroatoms. The van der Waals surface area contributed by atoms with Crippen LogP contribution in [0.15, 0.2) is 21.1 Å². The van der Waals surface area contributed by atoms with Gasteiger partial charge >= 0.3 is 0 Å². The standard InChI is InChI=1S/C15H23Br2NO3/c1-4-15(2,19)10-21-14-12(16)7-11(8-13(14)17)9-18-5-6-20-3/h7-8,18-19H,4-6,9-10H2,1-3H3. The molecule has 1 aromatic carbocycles. The number of hydrogen-bond donors (Lipinski definition) is 2. The van der Waals surface area contributed by atoms with Gasteiger partial charge in [0.25, 0.3) is 0 Å². The summed E-state index contributed by atoms with van der Waals surface area (Å²) in [4.78, 5) is 0. The maximum Gasteiger partial charge on any atom is 0.147 e. The molecule has 0 saturated heterocycles. The predicted molar refractivity (Wildman–Crippen MR) is 91.8 cm³/mol. The zero-order chi connectivity index (χ0) is 15.9. The van der Waals surface area contributed by atoms with E-state index in [4.69, 9.17) is 9.47 Å². The lowest BCUT2D eigenvalue weighted by molar-refractivity contribution is 0.00799. The summed E-state index contributed by atoms with van der Waals surface area (Å²) in [5.41, 5.74) is 0.318. The molecule has 0 bridgehead atoms. The van der Waals surface area contributed by atoms with Gasteiger partial charge in [0.2, 0.25) is 0 Å². The van der Waals surface area contributed by atoms with Gasteiger partial charge in [-0.3, -0.25) is 0 Å². The number of nitrogens with one attached hydrogen (secondary N) is 1. The Morgan fingerprint density at radius 2 is 1.90 bits per heavy atom. The summed E-state index contributed by atoms with van der Waals surface area (Å²) in [5.74, 6) is 0.712. The number of ether oxygens (including phenoxy) is 2. The number of methoxy groups -OCH3 is 1. The molecule has 0 aromatic heterocycles. The zero-order valence-corrected chi connectivity index (χ0v) is 15.9. The first-order chi connectivity index (χ1) is 9.89. The molecular formula is C15H23Br2NO3. The summed E-state index contributed by atoms with van der Waals surface area (Å²) >= 11 is 7.04. The van der Waals surface area contributed by atoms with Gasteiger partial charge in [0.1, 0.15) is 12.4 Å². The fourth-order valence-electron chi connectivity index (χ4n) is 1.59. The molecule has 21 heavy (non-hydrogen) atoms. The van der Waals surface area contributed by atoms with Gasteiger partial charge in [-0.15, -0.1) is 0 Å². The highest BCUT2D eigenvalue weighted by Gasteiger charge is 2.20. The van der Waals surface area contributed by atoms with E-state index in [1.54, 1.807) is 14.0 Å². The molecule has 0 spiro atoms. The van der Waals surface area contributed by atoms with Gasteiger partial charge in [0.05, 0.1) is 21.2 Å². The monoisotopic (exact) mass is 423 g/mol. The van der Waals surface area contributed by atoms with Gasteiger partial charge in [-0.25, -0.2) is 0 Å². The molecule has 1 atom stereocenters. The van der Waals surface area contributed by atoms with Crippen LogP contribution in [0.3, 0.4) is 0 Å². The van der Waals surface area contributed by atoms with Crippen molar-refractivity contribution in [2.75, 3.05) is 26.9 Å². The van der Waals surface area contributed by atoms with Crippen LogP contribution in [0.5, 0.6) is 5.75 Å². The van der Waals surface area contributed by atoms with Crippen molar-refractivity contribution in [2.24, 2.45) is 0 Å². The molecule has 0 amide bonds. The number of halogens is 2. The Kier molecular flexibility index (Phi) is 8.19. The van der Waals surface area contributed by atoms with Crippen LogP contribution in [-0.2, 0) is 11.3 Å². The Morgan fingerprint density at radius 3 is 2.43 bits per heavy atom. The van der Waals surface area contributed by atoms with E-state index in [2.05, 4.69) is 37.2 Å². The van der Waals surface area contributed by atoms with E-state index < -0.39 is 5.60 Å². The first kappa shape index (κ1) is 18.9. The molecule has 1 aromatic rings. The van der Waals surface area contributed by atoms with E-state index in [1.165, 1.54) is 0 Å². The summed E-state index contributed by atoms with van der Waals surface area (Å²) in [7, 11) is 1.69. The van der Waals surface area contributed by atoms with Crippen LogP contribution in [0.1, 0.15) is 25.8 Å². The molecular weight excluding hydrogens is 402 g/mol. The molecule has 0 fully saturated rings. The van der Waals surface area contributed by atoms with Crippen molar-refractivity contribution in [3.05, 3.63) is 26.6 Å². The molecule has 2 N–H and O–H groups in total. The number of aliphatic hydroxyl groups is 1. The van der Waals surface area contributed by atoms with E-state index in [0.717, 1.165) is 27.6 Å². The van der Waals surface area contributed by atoms with Gasteiger partial charge in [-0.2, -0.15) is 0 Å². The molecule has 0 aliphatic carbocycles. The van der Waals surface area contributed by atoms with Crippen LogP contribution in [0, 0.1) is 0 Å². The third-order valence-electron chi connectivity index (χ3n) is 3.16. The van der Waals surface area contributed by atoms with Gasteiger partial charge in [0.15, 0.2) is 0 Å². The van der Waals surface area contributed by atoms with Crippen LogP contribution in [-0.4, -0.2) is 37.6 Å². The molecule has 0 aliphatic rings. The van der Waals surface area contributed by atoms with E-state index >= 15 is 0 Å². The second-order valence-corrected chi connectivity index (χ2v) is 6.91. The molecule has 0 saturated carbocycles. The van der Waals surface area contributed by atoms with Crippen molar-refractivity contribution in [1.82, 2.24) is 5.32 Å². The summed E-state index contributed by atoms with van der Waals surface area (Å²) in [5, 5.41) is 13.3. The summed E-state index contributed by atoms with van der Waals surface area (Å²) in [6.45, 7) is 6.21. The molecule has 0 aliphatic heterocycles. The average Bonchev–Trinajstić information content (AvgIpc) is 2.42. The van der Waals surface area contributed by atoms with Crippen molar-refractivity contribution in [3.8, 4) is 5.75 Å². The van der Waals surface area contributed by atoms with E-state index in [0.29, 0.717) is 18.8 Å². The maximum atomic E-state index is 10.0. The van der Waals surface area contributed by atoms with Crippen molar-refractivity contribution in [2.45, 2.75) is 32.4 Å². The minimum Gasteiger partial charge on any atom is -0.488 e. The lowest BCUT2D eigenvalue weighted by Gasteiger charge is -2.22. The second kappa shape index (κ2) is 9.10. The highest BCUT2D eigenvalue weighted by molar-refractivity contribution is 9.11. The molecule has 1 unspecified atom stereocenters. The summed E-state index contributed by atoms with van der Waals surface area (Å²) in [6.07, 6.45) is 0.643. The topological polar surface area (TPSA) is 50.7 Å². The Hall–Kier alpha value is -0.140. The normalized spacial score (nSPS) is 14.0. The maximum absolute atomic E-state index is 10.0. The lowest BCUT2D eigenvalue weighted by atomic mass is 10.1. The Bertz CT molecular complexity index is 430. The van der Waals surface area contributed by atoms with E-state index in [9.17, 15) is 5.11 Å². The van der Waals surface area contributed by atoms with Gasteiger partial charge in [0, 0.05) is 20.2 Å². The van der Waals surface area contributed by atoms with Crippen LogP contribution < -0.4 is 10.1 Å². The highest BCUT2D eigenvalue weighted by atomic mass is 79.9. The van der Waals surface area contributed by atoms with Crippen molar-refractivity contribution in [3.63, 3.8) is 0 Å². The first-order valence-electron chi connectivity index (χ1n) is 6.92. The van der Waals surface area contributed by atoms with Crippen molar-refractivity contribution >= 4 is 31.9 Å². The molecule has 120 valence electrons. The van der Waals surface area contributed by atoms with Crippen LogP contribution in [0.4, 0.5) is 0 Å². The molecule has 1 rings (SSSR count). The van der Waals surface area contributed by atoms with Gasteiger partial charge in [-0.05, 0) is 62.9 Å². The van der Waals surface area contributed by atoms with E-state index in [1.807, 2.05) is 19.1 Å². The average molecular weight is 425 g/mol. The second-order valence-electron chi connectivity index (χ2n) is 5.20. The predicted octanol–water partition coefficient (Wildman–Crippen LogP) is 3.49. The Balaban J connectivity index is 2.67. The van der Waals surface area contributed by atoms with Crippen LogP contribution in [0.2, 0.25) is 0 Å². The number of hydrogen-bond acceptors (Lipinski definition) is 4. The number of benzene rings is 1. The van der Waals surface area contributed by atoms with E-state index in [-0.39, 0.29) is 6.61 Å². The molecule has 0 heterocycles. The minimum absolute atomic E-state index is 0.256. The van der Waals surface area contributed by atoms with Crippen molar-refractivity contribution in [1.29, 1.82) is 0 Å². The highest BCUT2D eigenvalue weighted by Crippen LogP contribution is 2.35. The summed E-state index contributed by atoms with van der Waals surface area (Å²) in [6, 6.07) is 4.03. The summed E-state index contributed by atoms with van der Waals surface area (Å²) < 4.78 is 12.5. The van der Waals surface area contributed by atoms with Crippen LogP contribution >= 0.6 is 31.9 Å². The quantitative estimate of drug-likeness (QED) is 0.595. The Morgan fingerprint density at radius 1 is 1.29 bits per heavy atom. The van der Waals surface area contributed by atoms with Gasteiger partial charge < -0.3 is 19.9 Å². The smallest absolute Gasteiger partial charge is 0.147 e. The third-order valence-corrected chi connectivity index (χ3v) is 4.34. The first-order valence-corrected chi connectivity index (χ1v) is 8.51. The van der Waals surface area contributed by atoms with Crippen molar-refractivity contribution < 1.29 is 14.6 Å². The van der Waals surface area contributed by atoms with Crippen LogP contribution in [0.25, 0.3) is 0 Å². The van der Waals surface area contributed by atoms with Gasteiger partial charge in [-0.1, -0.05) is 6.92 Å². The number of rotatable bonds is 9. The minimum atomic E-state index is -0.820. The zero-order valence-electron chi connectivity index (χ0n) is 12.7. The third kappa shape index (κ3) is 6.65. The fraction of sp³-hybridized carbons (Fsp3) is 0.600.